The average Bonchev–Trinajstić information content (AvgIpc) is 3.46. The molecule has 0 bridgehead atoms. The number of aryl methyl sites for hydroxylation is 1. The highest BCUT2D eigenvalue weighted by atomic mass is 32.1. The lowest BCUT2D eigenvalue weighted by atomic mass is 9.84. The van der Waals surface area contributed by atoms with E-state index >= 15 is 0 Å². The molecule has 2 N–H and O–H groups in total. The van der Waals surface area contributed by atoms with Crippen LogP contribution in [0.15, 0.2) is 48.7 Å². The third-order valence-corrected chi connectivity index (χ3v) is 6.77. The molecule has 0 saturated heterocycles. The Morgan fingerprint density at radius 1 is 1.32 bits per heavy atom. The standard InChI is InChI=1S/C24H22F3N5OS/c1-3-32-13-19(23(30-32)24(25,26)27)16-8-5-4-7-15(16)18-12-31(22(33)9-6-10-28)14-20-17(18)11-21(29-2)34-20/h4-9,11,13,18H,3,10,12,14,28H2,1H3/b9-6+/t18-/m0/s1. The van der Waals surface area contributed by atoms with Gasteiger partial charge in [0.1, 0.15) is 0 Å². The van der Waals surface area contributed by atoms with Crippen LogP contribution in [0.4, 0.5) is 18.2 Å². The van der Waals surface area contributed by atoms with E-state index in [1.807, 2.05) is 0 Å². The van der Waals surface area contributed by atoms with E-state index in [1.165, 1.54) is 28.3 Å². The molecule has 34 heavy (non-hydrogen) atoms. The Kier molecular flexibility index (Phi) is 6.59. The van der Waals surface area contributed by atoms with Gasteiger partial charge in [-0.3, -0.25) is 9.48 Å². The first-order valence-corrected chi connectivity index (χ1v) is 11.5. The van der Waals surface area contributed by atoms with Gasteiger partial charge in [-0.1, -0.05) is 30.3 Å². The number of benzene rings is 1. The lowest BCUT2D eigenvalue weighted by Gasteiger charge is -2.34. The largest absolute Gasteiger partial charge is 0.435 e. The van der Waals surface area contributed by atoms with Crippen molar-refractivity contribution in [3.8, 4) is 11.1 Å². The molecule has 0 saturated carbocycles. The molecular formula is C24H22F3N5OS. The number of hydrogen-bond acceptors (Lipinski definition) is 4. The molecule has 0 radical (unpaired) electrons. The molecule has 3 aromatic rings. The number of amides is 1. The molecule has 0 spiro atoms. The van der Waals surface area contributed by atoms with Crippen LogP contribution in [0, 0.1) is 6.57 Å². The maximum absolute atomic E-state index is 13.9. The summed E-state index contributed by atoms with van der Waals surface area (Å²) < 4.78 is 42.8. The highest BCUT2D eigenvalue weighted by Gasteiger charge is 2.39. The summed E-state index contributed by atoms with van der Waals surface area (Å²) in [4.78, 5) is 18.8. The lowest BCUT2D eigenvalue weighted by molar-refractivity contribution is -0.141. The third-order valence-electron chi connectivity index (χ3n) is 5.74. The summed E-state index contributed by atoms with van der Waals surface area (Å²) in [5.74, 6) is -0.626. The summed E-state index contributed by atoms with van der Waals surface area (Å²) in [6.45, 7) is 10.3. The Hall–Kier alpha value is -3.42. The summed E-state index contributed by atoms with van der Waals surface area (Å²) in [5.41, 5.74) is 6.47. The maximum Gasteiger partial charge on any atom is 0.435 e. The molecule has 10 heteroatoms. The number of nitrogens with two attached hydrogens (primary N) is 1. The molecule has 1 atom stereocenters. The summed E-state index contributed by atoms with van der Waals surface area (Å²) in [5, 5.41) is 4.25. The molecule has 1 aliphatic rings. The minimum absolute atomic E-state index is 0.00129. The first kappa shape index (κ1) is 23.7. The highest BCUT2D eigenvalue weighted by Crippen LogP contribution is 2.45. The monoisotopic (exact) mass is 485 g/mol. The first-order valence-electron chi connectivity index (χ1n) is 10.7. The number of fused-ring (bicyclic) bond motifs is 1. The number of thiophene rings is 1. The minimum atomic E-state index is -4.62. The van der Waals surface area contributed by atoms with Crippen LogP contribution < -0.4 is 5.73 Å². The van der Waals surface area contributed by atoms with Crippen LogP contribution in [0.1, 0.15) is 34.5 Å². The van der Waals surface area contributed by atoms with Crippen LogP contribution in [-0.4, -0.2) is 33.7 Å². The zero-order chi connectivity index (χ0) is 24.5. The number of rotatable bonds is 5. The molecule has 0 fully saturated rings. The third kappa shape index (κ3) is 4.49. The van der Waals surface area contributed by atoms with E-state index in [0.29, 0.717) is 29.2 Å². The van der Waals surface area contributed by atoms with Crippen molar-refractivity contribution in [1.82, 2.24) is 14.7 Å². The van der Waals surface area contributed by atoms with E-state index in [2.05, 4.69) is 9.94 Å². The number of alkyl halides is 3. The van der Waals surface area contributed by atoms with Crippen molar-refractivity contribution in [1.29, 1.82) is 0 Å². The van der Waals surface area contributed by atoms with Crippen molar-refractivity contribution in [2.75, 3.05) is 13.1 Å². The van der Waals surface area contributed by atoms with Gasteiger partial charge in [0.15, 0.2) is 5.69 Å². The molecular weight excluding hydrogens is 463 g/mol. The second kappa shape index (κ2) is 9.44. The smallest absolute Gasteiger partial charge is 0.333 e. The number of aromatic nitrogens is 2. The van der Waals surface area contributed by atoms with Crippen molar-refractivity contribution < 1.29 is 18.0 Å². The summed E-state index contributed by atoms with van der Waals surface area (Å²) >= 11 is 1.30. The predicted molar refractivity (Wildman–Crippen MR) is 124 cm³/mol. The van der Waals surface area contributed by atoms with E-state index in [1.54, 1.807) is 48.2 Å². The molecule has 0 aliphatic carbocycles. The van der Waals surface area contributed by atoms with Crippen LogP contribution in [-0.2, 0) is 24.1 Å². The molecule has 2 aromatic heterocycles. The van der Waals surface area contributed by atoms with Gasteiger partial charge in [0, 0.05) is 48.3 Å². The van der Waals surface area contributed by atoms with Crippen molar-refractivity contribution in [3.63, 3.8) is 0 Å². The van der Waals surface area contributed by atoms with Crippen LogP contribution in [0.5, 0.6) is 0 Å². The van der Waals surface area contributed by atoms with E-state index in [9.17, 15) is 18.0 Å². The average molecular weight is 486 g/mol. The quantitative estimate of drug-likeness (QED) is 0.400. The van der Waals surface area contributed by atoms with Crippen molar-refractivity contribution in [3.05, 3.63) is 81.8 Å². The van der Waals surface area contributed by atoms with E-state index in [-0.39, 0.29) is 24.6 Å². The summed E-state index contributed by atoms with van der Waals surface area (Å²) in [6, 6.07) is 8.68. The van der Waals surface area contributed by atoms with Gasteiger partial charge in [0.2, 0.25) is 10.9 Å². The molecule has 1 aliphatic heterocycles. The topological polar surface area (TPSA) is 68.5 Å². The zero-order valence-corrected chi connectivity index (χ0v) is 19.2. The van der Waals surface area contributed by atoms with Crippen molar-refractivity contribution >= 4 is 22.2 Å². The summed E-state index contributed by atoms with van der Waals surface area (Å²) in [6.07, 6.45) is -0.231. The normalized spacial score (nSPS) is 16.0. The lowest BCUT2D eigenvalue weighted by Crippen LogP contribution is -2.37. The molecule has 6 nitrogen and oxygen atoms in total. The minimum Gasteiger partial charge on any atom is -0.333 e. The SMILES string of the molecule is [C-]#[N+]c1cc2c(s1)CN(C(=O)/C=C/CN)C[C@H]2c1ccccc1-c1cn(CC)nc1C(F)(F)F. The van der Waals surface area contributed by atoms with Crippen LogP contribution >= 0.6 is 11.3 Å². The van der Waals surface area contributed by atoms with E-state index in [0.717, 1.165) is 10.4 Å². The fraction of sp³-hybridized carbons (Fsp3) is 0.292. The number of halogens is 3. The van der Waals surface area contributed by atoms with Crippen molar-refractivity contribution in [2.24, 2.45) is 5.73 Å². The number of hydrogen-bond donors (Lipinski definition) is 1. The second-order valence-corrected chi connectivity index (χ2v) is 8.93. The van der Waals surface area contributed by atoms with Crippen LogP contribution in [0.3, 0.4) is 0 Å². The second-order valence-electron chi connectivity index (χ2n) is 7.82. The Bertz CT molecular complexity index is 1280. The van der Waals surface area contributed by atoms with Gasteiger partial charge in [-0.05, 0) is 29.7 Å². The number of nitrogens with zero attached hydrogens (tertiary/aromatic N) is 4. The first-order chi connectivity index (χ1) is 16.3. The predicted octanol–water partition coefficient (Wildman–Crippen LogP) is 5.19. The molecule has 4 rings (SSSR count). The Balaban J connectivity index is 1.87. The Labute approximate surface area is 198 Å². The fourth-order valence-corrected chi connectivity index (χ4v) is 5.23. The van der Waals surface area contributed by atoms with Gasteiger partial charge in [0.25, 0.3) is 0 Å². The molecule has 3 heterocycles. The van der Waals surface area contributed by atoms with Gasteiger partial charge >= 0.3 is 6.18 Å². The summed E-state index contributed by atoms with van der Waals surface area (Å²) in [7, 11) is 0. The molecule has 0 unspecified atom stereocenters. The van der Waals surface area contributed by atoms with Gasteiger partial charge in [-0.2, -0.15) is 29.6 Å². The molecule has 1 amide bonds. The van der Waals surface area contributed by atoms with Gasteiger partial charge in [-0.25, -0.2) is 4.85 Å². The molecule has 176 valence electrons. The van der Waals surface area contributed by atoms with E-state index < -0.39 is 17.8 Å². The van der Waals surface area contributed by atoms with Crippen LogP contribution in [0.2, 0.25) is 0 Å². The Morgan fingerprint density at radius 2 is 2.09 bits per heavy atom. The number of carbonyl (C=O) groups is 1. The zero-order valence-electron chi connectivity index (χ0n) is 18.3. The van der Waals surface area contributed by atoms with Crippen molar-refractivity contribution in [2.45, 2.75) is 32.1 Å². The van der Waals surface area contributed by atoms with Gasteiger partial charge < -0.3 is 10.6 Å². The Morgan fingerprint density at radius 3 is 2.76 bits per heavy atom. The highest BCUT2D eigenvalue weighted by molar-refractivity contribution is 7.16. The van der Waals surface area contributed by atoms with Gasteiger partial charge in [0.05, 0.1) is 13.1 Å². The fourth-order valence-electron chi connectivity index (χ4n) is 4.20. The molecule has 1 aromatic carbocycles. The number of carbonyl (C=O) groups excluding carboxylic acids is 1. The maximum atomic E-state index is 13.9. The van der Waals surface area contributed by atoms with Crippen LogP contribution in [0.25, 0.3) is 16.0 Å². The van der Waals surface area contributed by atoms with E-state index in [4.69, 9.17) is 12.3 Å². The van der Waals surface area contributed by atoms with Gasteiger partial charge in [-0.15, -0.1) is 0 Å².